The van der Waals surface area contributed by atoms with Crippen molar-refractivity contribution in [1.82, 2.24) is 5.32 Å². The van der Waals surface area contributed by atoms with Crippen LogP contribution < -0.4 is 11.1 Å². The third-order valence-corrected chi connectivity index (χ3v) is 4.10. The zero-order valence-corrected chi connectivity index (χ0v) is 11.7. The molecule has 1 atom stereocenters. The lowest BCUT2D eigenvalue weighted by Crippen LogP contribution is -2.34. The average Bonchev–Trinajstić information content (AvgIpc) is 2.62. The standard InChI is InChI=1S/C13H22N2OS/c1-4-5-11(7-14)13(16)15-8-12-6-9(2)10(3)17-12/h6,11H,4-5,7-8,14H2,1-3H3,(H,15,16). The summed E-state index contributed by atoms with van der Waals surface area (Å²) in [6.07, 6.45) is 1.86. The summed E-state index contributed by atoms with van der Waals surface area (Å²) in [7, 11) is 0. The molecule has 0 fully saturated rings. The molecule has 96 valence electrons. The minimum atomic E-state index is -0.0397. The zero-order chi connectivity index (χ0) is 12.8. The van der Waals surface area contributed by atoms with Gasteiger partial charge in [-0.3, -0.25) is 4.79 Å². The van der Waals surface area contributed by atoms with Crippen LogP contribution in [0.1, 0.15) is 35.1 Å². The van der Waals surface area contributed by atoms with Crippen molar-refractivity contribution in [3.63, 3.8) is 0 Å². The van der Waals surface area contributed by atoms with E-state index in [9.17, 15) is 4.79 Å². The molecule has 0 aliphatic rings. The van der Waals surface area contributed by atoms with Gasteiger partial charge in [0.15, 0.2) is 0 Å². The Morgan fingerprint density at radius 3 is 2.71 bits per heavy atom. The molecular formula is C13H22N2OS. The minimum absolute atomic E-state index is 0.0397. The van der Waals surface area contributed by atoms with E-state index in [1.807, 2.05) is 0 Å². The number of thiophene rings is 1. The van der Waals surface area contributed by atoms with Crippen LogP contribution in [0.4, 0.5) is 0 Å². The summed E-state index contributed by atoms with van der Waals surface area (Å²) in [6, 6.07) is 2.14. The van der Waals surface area contributed by atoms with Crippen molar-refractivity contribution < 1.29 is 4.79 Å². The third kappa shape index (κ3) is 4.13. The molecular weight excluding hydrogens is 232 g/mol. The first kappa shape index (κ1) is 14.2. The predicted octanol–water partition coefficient (Wildman–Crippen LogP) is 2.36. The van der Waals surface area contributed by atoms with Gasteiger partial charge in [0.2, 0.25) is 5.91 Å². The average molecular weight is 254 g/mol. The SMILES string of the molecule is CCCC(CN)C(=O)NCc1cc(C)c(C)s1. The van der Waals surface area contributed by atoms with Crippen molar-refractivity contribution in [2.45, 2.75) is 40.2 Å². The van der Waals surface area contributed by atoms with Gasteiger partial charge < -0.3 is 11.1 Å². The number of rotatable bonds is 6. The summed E-state index contributed by atoms with van der Waals surface area (Å²) in [5, 5.41) is 2.97. The van der Waals surface area contributed by atoms with Crippen molar-refractivity contribution in [2.75, 3.05) is 6.54 Å². The molecule has 0 radical (unpaired) electrons. The highest BCUT2D eigenvalue weighted by atomic mass is 32.1. The lowest BCUT2D eigenvalue weighted by atomic mass is 10.0. The summed E-state index contributed by atoms with van der Waals surface area (Å²) in [4.78, 5) is 14.4. The van der Waals surface area contributed by atoms with E-state index >= 15 is 0 Å². The monoisotopic (exact) mass is 254 g/mol. The van der Waals surface area contributed by atoms with E-state index in [4.69, 9.17) is 5.73 Å². The molecule has 0 saturated carbocycles. The molecule has 1 amide bonds. The van der Waals surface area contributed by atoms with Crippen LogP contribution in [0.25, 0.3) is 0 Å². The van der Waals surface area contributed by atoms with Crippen LogP contribution in [0.2, 0.25) is 0 Å². The van der Waals surface area contributed by atoms with Gasteiger partial charge in [0.05, 0.1) is 12.5 Å². The van der Waals surface area contributed by atoms with Crippen molar-refractivity contribution in [1.29, 1.82) is 0 Å². The Labute approximate surface area is 107 Å². The maximum atomic E-state index is 11.8. The fourth-order valence-electron chi connectivity index (χ4n) is 1.76. The topological polar surface area (TPSA) is 55.1 Å². The van der Waals surface area contributed by atoms with E-state index in [0.717, 1.165) is 12.8 Å². The predicted molar refractivity (Wildman–Crippen MR) is 73.1 cm³/mol. The Kier molecular flexibility index (Phi) is 5.65. The van der Waals surface area contributed by atoms with Crippen LogP contribution >= 0.6 is 11.3 Å². The lowest BCUT2D eigenvalue weighted by molar-refractivity contribution is -0.125. The summed E-state index contributed by atoms with van der Waals surface area (Å²) in [5.74, 6) is 0.0419. The second-order valence-corrected chi connectivity index (χ2v) is 5.73. The molecule has 0 aliphatic carbocycles. The molecule has 17 heavy (non-hydrogen) atoms. The second-order valence-electron chi connectivity index (χ2n) is 4.39. The first-order chi connectivity index (χ1) is 8.08. The Balaban J connectivity index is 2.47. The number of carbonyl (C=O) groups is 1. The van der Waals surface area contributed by atoms with E-state index in [2.05, 4.69) is 32.2 Å². The number of carbonyl (C=O) groups excluding carboxylic acids is 1. The second kappa shape index (κ2) is 6.77. The Morgan fingerprint density at radius 1 is 1.53 bits per heavy atom. The van der Waals surface area contributed by atoms with Gasteiger partial charge in [-0.2, -0.15) is 0 Å². The number of nitrogens with two attached hydrogens (primary N) is 1. The van der Waals surface area contributed by atoms with Crippen molar-refractivity contribution in [3.8, 4) is 0 Å². The van der Waals surface area contributed by atoms with Gasteiger partial charge in [0, 0.05) is 16.3 Å². The first-order valence-electron chi connectivity index (χ1n) is 6.12. The van der Waals surface area contributed by atoms with E-state index in [1.165, 1.54) is 15.3 Å². The largest absolute Gasteiger partial charge is 0.351 e. The highest BCUT2D eigenvalue weighted by molar-refractivity contribution is 7.12. The molecule has 0 spiro atoms. The van der Waals surface area contributed by atoms with Gasteiger partial charge in [-0.05, 0) is 31.9 Å². The van der Waals surface area contributed by atoms with Gasteiger partial charge in [-0.25, -0.2) is 0 Å². The Hall–Kier alpha value is -0.870. The summed E-state index contributed by atoms with van der Waals surface area (Å²) in [6.45, 7) is 7.32. The van der Waals surface area contributed by atoms with Crippen LogP contribution in [0.3, 0.4) is 0 Å². The fraction of sp³-hybridized carbons (Fsp3) is 0.615. The minimum Gasteiger partial charge on any atom is -0.351 e. The normalized spacial score (nSPS) is 12.5. The zero-order valence-electron chi connectivity index (χ0n) is 10.9. The van der Waals surface area contributed by atoms with E-state index in [-0.39, 0.29) is 11.8 Å². The molecule has 1 unspecified atom stereocenters. The first-order valence-corrected chi connectivity index (χ1v) is 6.93. The number of aryl methyl sites for hydroxylation is 2. The van der Waals surface area contributed by atoms with E-state index in [0.29, 0.717) is 13.1 Å². The third-order valence-electron chi connectivity index (χ3n) is 2.95. The van der Waals surface area contributed by atoms with Crippen molar-refractivity contribution in [3.05, 3.63) is 21.4 Å². The molecule has 0 aromatic carbocycles. The molecule has 1 rings (SSSR count). The fourth-order valence-corrected chi connectivity index (χ4v) is 2.75. The Morgan fingerprint density at radius 2 is 2.24 bits per heavy atom. The van der Waals surface area contributed by atoms with Gasteiger partial charge in [-0.15, -0.1) is 11.3 Å². The molecule has 0 bridgehead atoms. The summed E-state index contributed by atoms with van der Waals surface area (Å²) >= 11 is 1.74. The number of amides is 1. The molecule has 0 aliphatic heterocycles. The van der Waals surface area contributed by atoms with Gasteiger partial charge in [0.1, 0.15) is 0 Å². The highest BCUT2D eigenvalue weighted by Crippen LogP contribution is 2.20. The van der Waals surface area contributed by atoms with Crippen molar-refractivity contribution >= 4 is 17.2 Å². The van der Waals surface area contributed by atoms with Gasteiger partial charge in [0.25, 0.3) is 0 Å². The molecule has 4 heteroatoms. The van der Waals surface area contributed by atoms with Gasteiger partial charge >= 0.3 is 0 Å². The maximum absolute atomic E-state index is 11.8. The molecule has 3 nitrogen and oxygen atoms in total. The number of nitrogens with one attached hydrogen (secondary N) is 1. The lowest BCUT2D eigenvalue weighted by Gasteiger charge is -2.13. The Bertz CT molecular complexity index is 354. The molecule has 1 aromatic heterocycles. The van der Waals surface area contributed by atoms with Crippen LogP contribution in [0.5, 0.6) is 0 Å². The van der Waals surface area contributed by atoms with Crippen LogP contribution in [0, 0.1) is 19.8 Å². The van der Waals surface area contributed by atoms with Crippen molar-refractivity contribution in [2.24, 2.45) is 11.7 Å². The molecule has 1 heterocycles. The van der Waals surface area contributed by atoms with Gasteiger partial charge in [-0.1, -0.05) is 13.3 Å². The summed E-state index contributed by atoms with van der Waals surface area (Å²) in [5.41, 5.74) is 6.89. The van der Waals surface area contributed by atoms with Crippen LogP contribution in [-0.4, -0.2) is 12.5 Å². The van der Waals surface area contributed by atoms with Crippen LogP contribution in [0.15, 0.2) is 6.07 Å². The quantitative estimate of drug-likeness (QED) is 0.819. The number of hydrogen-bond donors (Lipinski definition) is 2. The van der Waals surface area contributed by atoms with E-state index in [1.54, 1.807) is 11.3 Å². The maximum Gasteiger partial charge on any atom is 0.224 e. The summed E-state index contributed by atoms with van der Waals surface area (Å²) < 4.78 is 0. The van der Waals surface area contributed by atoms with E-state index < -0.39 is 0 Å². The number of hydrogen-bond acceptors (Lipinski definition) is 3. The highest BCUT2D eigenvalue weighted by Gasteiger charge is 2.15. The molecule has 1 aromatic rings. The molecule has 0 saturated heterocycles. The smallest absolute Gasteiger partial charge is 0.224 e. The van der Waals surface area contributed by atoms with Crippen LogP contribution in [-0.2, 0) is 11.3 Å². The molecule has 3 N–H and O–H groups in total.